The van der Waals surface area contributed by atoms with Crippen molar-refractivity contribution in [1.29, 1.82) is 0 Å². The van der Waals surface area contributed by atoms with Crippen LogP contribution in [0.15, 0.2) is 12.1 Å². The van der Waals surface area contributed by atoms with E-state index in [9.17, 15) is 9.59 Å². The fourth-order valence-electron chi connectivity index (χ4n) is 3.61. The van der Waals surface area contributed by atoms with Gasteiger partial charge in [0.25, 0.3) is 0 Å². The van der Waals surface area contributed by atoms with Gasteiger partial charge in [0, 0.05) is 35.0 Å². The number of aryl methyl sites for hydroxylation is 3. The molecule has 2 aromatic rings. The molecule has 1 saturated heterocycles. The minimum absolute atomic E-state index is 0.168. The highest BCUT2D eigenvalue weighted by Gasteiger charge is 2.22. The van der Waals surface area contributed by atoms with Crippen LogP contribution in [0.4, 0.5) is 0 Å². The van der Waals surface area contributed by atoms with Crippen LogP contribution in [0.1, 0.15) is 61.6 Å². The van der Waals surface area contributed by atoms with Crippen molar-refractivity contribution in [2.45, 2.75) is 59.6 Å². The number of ketones is 1. The molecule has 0 amide bonds. The van der Waals surface area contributed by atoms with Gasteiger partial charge in [0.05, 0.1) is 6.10 Å². The van der Waals surface area contributed by atoms with E-state index in [0.29, 0.717) is 10.4 Å². The molecule has 146 valence electrons. The average Bonchev–Trinajstić information content (AvgIpc) is 3.35. The molecule has 3 rings (SSSR count). The SMILES string of the molecule is CCc1cc(C(=O)OCC(=O)c2cc(C)n(C[C@@H]3CCCO3)c2C)sc1C. The summed E-state index contributed by atoms with van der Waals surface area (Å²) in [5.74, 6) is -0.594. The molecule has 1 aliphatic heterocycles. The lowest BCUT2D eigenvalue weighted by Crippen LogP contribution is -2.18. The lowest BCUT2D eigenvalue weighted by Gasteiger charge is -2.14. The highest BCUT2D eigenvalue weighted by Crippen LogP contribution is 2.23. The number of carbonyl (C=O) groups is 2. The number of nitrogens with zero attached hydrogens (tertiary/aromatic N) is 1. The quantitative estimate of drug-likeness (QED) is 0.525. The molecule has 3 heterocycles. The summed E-state index contributed by atoms with van der Waals surface area (Å²) in [7, 11) is 0. The first-order valence-corrected chi connectivity index (χ1v) is 10.3. The van der Waals surface area contributed by atoms with E-state index >= 15 is 0 Å². The second-order valence-corrected chi connectivity index (χ2v) is 8.33. The maximum absolute atomic E-state index is 12.6. The Balaban J connectivity index is 1.64. The molecule has 0 aromatic carbocycles. The van der Waals surface area contributed by atoms with Crippen LogP contribution in [0.25, 0.3) is 0 Å². The molecule has 2 aromatic heterocycles. The first-order chi connectivity index (χ1) is 12.9. The van der Waals surface area contributed by atoms with Crippen molar-refractivity contribution in [3.05, 3.63) is 44.4 Å². The van der Waals surface area contributed by atoms with Gasteiger partial charge in [-0.05, 0) is 57.7 Å². The summed E-state index contributed by atoms with van der Waals surface area (Å²) in [6, 6.07) is 3.74. The Morgan fingerprint density at radius 1 is 1.30 bits per heavy atom. The molecule has 0 spiro atoms. The molecule has 1 fully saturated rings. The van der Waals surface area contributed by atoms with E-state index in [4.69, 9.17) is 9.47 Å². The lowest BCUT2D eigenvalue weighted by molar-refractivity contribution is 0.0479. The molecule has 0 saturated carbocycles. The Bertz CT molecular complexity index is 843. The molecule has 0 bridgehead atoms. The van der Waals surface area contributed by atoms with Crippen LogP contribution in [-0.2, 0) is 22.4 Å². The molecular weight excluding hydrogens is 362 g/mol. The Labute approximate surface area is 164 Å². The van der Waals surface area contributed by atoms with Gasteiger partial charge in [-0.2, -0.15) is 0 Å². The van der Waals surface area contributed by atoms with Crippen LogP contribution in [0.2, 0.25) is 0 Å². The Morgan fingerprint density at radius 2 is 2.07 bits per heavy atom. The topological polar surface area (TPSA) is 57.5 Å². The Kier molecular flexibility index (Phi) is 6.17. The molecule has 0 radical (unpaired) electrons. The van der Waals surface area contributed by atoms with Gasteiger partial charge in [0.2, 0.25) is 5.78 Å². The third-order valence-electron chi connectivity index (χ3n) is 5.22. The van der Waals surface area contributed by atoms with Crippen molar-refractivity contribution in [3.63, 3.8) is 0 Å². The van der Waals surface area contributed by atoms with Gasteiger partial charge in [-0.15, -0.1) is 11.3 Å². The number of ether oxygens (including phenoxy) is 2. The van der Waals surface area contributed by atoms with E-state index in [0.717, 1.165) is 54.2 Å². The second kappa shape index (κ2) is 8.40. The van der Waals surface area contributed by atoms with Crippen LogP contribution in [0.3, 0.4) is 0 Å². The van der Waals surface area contributed by atoms with E-state index in [2.05, 4.69) is 11.5 Å². The zero-order valence-electron chi connectivity index (χ0n) is 16.5. The van der Waals surface area contributed by atoms with E-state index in [-0.39, 0.29) is 18.5 Å². The number of hydrogen-bond donors (Lipinski definition) is 0. The molecule has 0 N–H and O–H groups in total. The standard InChI is InChI=1S/C21H27NO4S/c1-5-16-10-20(27-15(16)4)21(24)26-12-19(23)18-9-13(2)22(14(18)3)11-17-7-6-8-25-17/h9-10,17H,5-8,11-12H2,1-4H3/t17-/m0/s1. The van der Waals surface area contributed by atoms with Crippen molar-refractivity contribution >= 4 is 23.1 Å². The molecule has 1 aliphatic rings. The maximum Gasteiger partial charge on any atom is 0.348 e. The van der Waals surface area contributed by atoms with Crippen LogP contribution in [0, 0.1) is 20.8 Å². The number of rotatable bonds is 7. The van der Waals surface area contributed by atoms with Gasteiger partial charge in [0.1, 0.15) is 4.88 Å². The van der Waals surface area contributed by atoms with E-state index in [1.54, 1.807) is 0 Å². The van der Waals surface area contributed by atoms with Gasteiger partial charge < -0.3 is 14.0 Å². The molecule has 0 aliphatic carbocycles. The fraction of sp³-hybridized carbons (Fsp3) is 0.524. The monoisotopic (exact) mass is 389 g/mol. The van der Waals surface area contributed by atoms with Crippen molar-refractivity contribution in [2.24, 2.45) is 0 Å². The molecule has 0 unspecified atom stereocenters. The summed E-state index contributed by atoms with van der Waals surface area (Å²) in [6.07, 6.45) is 3.24. The predicted octanol–water partition coefficient (Wildman–Crippen LogP) is 4.26. The van der Waals surface area contributed by atoms with Gasteiger partial charge in [-0.25, -0.2) is 4.79 Å². The van der Waals surface area contributed by atoms with Crippen molar-refractivity contribution in [2.75, 3.05) is 13.2 Å². The highest BCUT2D eigenvalue weighted by molar-refractivity contribution is 7.14. The summed E-state index contributed by atoms with van der Waals surface area (Å²) in [5.41, 5.74) is 3.70. The molecule has 5 nitrogen and oxygen atoms in total. The molecule has 6 heteroatoms. The maximum atomic E-state index is 12.6. The normalized spacial score (nSPS) is 16.7. The number of Topliss-reactive ketones (excluding diaryl/α,β-unsaturated/α-hetero) is 1. The van der Waals surface area contributed by atoms with E-state index < -0.39 is 5.97 Å². The molecule has 27 heavy (non-hydrogen) atoms. The van der Waals surface area contributed by atoms with Gasteiger partial charge in [-0.3, -0.25) is 4.79 Å². The Hall–Kier alpha value is -1.92. The zero-order chi connectivity index (χ0) is 19.6. The van der Waals surface area contributed by atoms with Crippen LogP contribution < -0.4 is 0 Å². The predicted molar refractivity (Wildman–Crippen MR) is 106 cm³/mol. The first-order valence-electron chi connectivity index (χ1n) is 9.48. The number of aromatic nitrogens is 1. The van der Waals surface area contributed by atoms with Gasteiger partial charge in [0.15, 0.2) is 6.61 Å². The number of carbonyl (C=O) groups excluding carboxylic acids is 2. The highest BCUT2D eigenvalue weighted by atomic mass is 32.1. The third-order valence-corrected chi connectivity index (χ3v) is 6.29. The largest absolute Gasteiger partial charge is 0.453 e. The van der Waals surface area contributed by atoms with E-state index in [1.165, 1.54) is 11.3 Å². The fourth-order valence-corrected chi connectivity index (χ4v) is 4.62. The van der Waals surface area contributed by atoms with E-state index in [1.807, 2.05) is 32.9 Å². The summed E-state index contributed by atoms with van der Waals surface area (Å²) >= 11 is 1.42. The molecule has 1 atom stereocenters. The van der Waals surface area contributed by atoms with Crippen LogP contribution >= 0.6 is 11.3 Å². The van der Waals surface area contributed by atoms with Gasteiger partial charge in [-0.1, -0.05) is 6.92 Å². The van der Waals surface area contributed by atoms with Crippen molar-refractivity contribution < 1.29 is 19.1 Å². The smallest absolute Gasteiger partial charge is 0.348 e. The van der Waals surface area contributed by atoms with Crippen molar-refractivity contribution in [1.82, 2.24) is 4.57 Å². The molecular formula is C21H27NO4S. The third kappa shape index (κ3) is 4.33. The second-order valence-electron chi connectivity index (χ2n) is 7.08. The van der Waals surface area contributed by atoms with Gasteiger partial charge >= 0.3 is 5.97 Å². The van der Waals surface area contributed by atoms with Crippen molar-refractivity contribution in [3.8, 4) is 0 Å². The van der Waals surface area contributed by atoms with Crippen LogP contribution in [-0.4, -0.2) is 35.6 Å². The summed E-state index contributed by atoms with van der Waals surface area (Å²) in [4.78, 5) is 26.6. The summed E-state index contributed by atoms with van der Waals surface area (Å²) in [6.45, 7) is 9.32. The van der Waals surface area contributed by atoms with Crippen LogP contribution in [0.5, 0.6) is 0 Å². The Morgan fingerprint density at radius 3 is 2.70 bits per heavy atom. The number of hydrogen-bond acceptors (Lipinski definition) is 5. The minimum Gasteiger partial charge on any atom is -0.453 e. The average molecular weight is 390 g/mol. The summed E-state index contributed by atoms with van der Waals surface area (Å²) < 4.78 is 13.1. The minimum atomic E-state index is -0.427. The summed E-state index contributed by atoms with van der Waals surface area (Å²) in [5, 5.41) is 0. The number of esters is 1. The zero-order valence-corrected chi connectivity index (χ0v) is 17.3. The lowest BCUT2D eigenvalue weighted by atomic mass is 10.1. The number of thiophene rings is 1. The first kappa shape index (κ1) is 19.8.